The number of ether oxygens (including phenoxy) is 1. The van der Waals surface area contributed by atoms with Crippen LogP contribution < -0.4 is 4.74 Å². The summed E-state index contributed by atoms with van der Waals surface area (Å²) in [6, 6.07) is 10.2. The minimum atomic E-state index is -1.05. The first-order valence-corrected chi connectivity index (χ1v) is 6.21. The zero-order valence-corrected chi connectivity index (χ0v) is 11.6. The largest absolute Gasteiger partial charge is 0.496 e. The molecule has 0 spiro atoms. The fourth-order valence-electron chi connectivity index (χ4n) is 1.80. The van der Waals surface area contributed by atoms with Crippen LogP contribution in [0.2, 0.25) is 0 Å². The Balaban J connectivity index is 2.36. The van der Waals surface area contributed by atoms with Crippen LogP contribution >= 0.6 is 0 Å². The van der Waals surface area contributed by atoms with Gasteiger partial charge in [0, 0.05) is 23.9 Å². The summed E-state index contributed by atoms with van der Waals surface area (Å²) in [5, 5.41) is 19.7. The molecule has 0 aliphatic carbocycles. The minimum Gasteiger partial charge on any atom is -0.496 e. The predicted molar refractivity (Wildman–Crippen MR) is 80.3 cm³/mol. The van der Waals surface area contributed by atoms with Gasteiger partial charge in [-0.05, 0) is 24.3 Å². The highest BCUT2D eigenvalue weighted by molar-refractivity contribution is 5.90. The topological polar surface area (TPSA) is 102 Å². The van der Waals surface area contributed by atoms with Gasteiger partial charge in [-0.3, -0.25) is 15.1 Å². The quantitative estimate of drug-likeness (QED) is 0.519. The first kappa shape index (κ1) is 15.2. The Labute approximate surface area is 125 Å². The third-order valence-corrected chi connectivity index (χ3v) is 2.87. The van der Waals surface area contributed by atoms with Crippen molar-refractivity contribution in [1.82, 2.24) is 0 Å². The van der Waals surface area contributed by atoms with Crippen molar-refractivity contribution in [2.75, 3.05) is 7.11 Å². The number of aromatic carboxylic acids is 1. The van der Waals surface area contributed by atoms with Crippen LogP contribution in [0.25, 0.3) is 0 Å². The molecule has 2 aromatic rings. The van der Waals surface area contributed by atoms with Gasteiger partial charge in [0.25, 0.3) is 5.69 Å². The van der Waals surface area contributed by atoms with Crippen LogP contribution in [0.5, 0.6) is 5.75 Å². The van der Waals surface area contributed by atoms with Crippen molar-refractivity contribution in [3.8, 4) is 5.75 Å². The smallest absolute Gasteiger partial charge is 0.335 e. The number of carbonyl (C=O) groups is 1. The number of methoxy groups -OCH3 is 1. The monoisotopic (exact) mass is 300 g/mol. The van der Waals surface area contributed by atoms with Gasteiger partial charge < -0.3 is 9.84 Å². The average molecular weight is 300 g/mol. The van der Waals surface area contributed by atoms with Crippen molar-refractivity contribution in [2.45, 2.75) is 0 Å². The van der Waals surface area contributed by atoms with Gasteiger partial charge in [0.15, 0.2) is 0 Å². The van der Waals surface area contributed by atoms with Gasteiger partial charge in [-0.25, -0.2) is 4.79 Å². The van der Waals surface area contributed by atoms with Gasteiger partial charge in [0.2, 0.25) is 0 Å². The summed E-state index contributed by atoms with van der Waals surface area (Å²) >= 11 is 0. The Morgan fingerprint density at radius 2 is 2.09 bits per heavy atom. The molecule has 2 aromatic carbocycles. The molecule has 0 radical (unpaired) electrons. The van der Waals surface area contributed by atoms with Crippen molar-refractivity contribution in [3.63, 3.8) is 0 Å². The highest BCUT2D eigenvalue weighted by Crippen LogP contribution is 2.23. The highest BCUT2D eigenvalue weighted by Gasteiger charge is 2.10. The lowest BCUT2D eigenvalue weighted by molar-refractivity contribution is -0.384. The van der Waals surface area contributed by atoms with Crippen molar-refractivity contribution >= 4 is 23.6 Å². The minimum absolute atomic E-state index is 0.0819. The SMILES string of the molecule is COc1ccc([N+](=O)[O-])cc1C=Nc1cccc(C(=O)O)c1. The van der Waals surface area contributed by atoms with E-state index in [2.05, 4.69) is 4.99 Å². The van der Waals surface area contributed by atoms with E-state index in [1.807, 2.05) is 0 Å². The number of nitrogens with zero attached hydrogens (tertiary/aromatic N) is 2. The van der Waals surface area contributed by atoms with Crippen molar-refractivity contribution in [1.29, 1.82) is 0 Å². The van der Waals surface area contributed by atoms with Gasteiger partial charge >= 0.3 is 5.97 Å². The molecule has 0 unspecified atom stereocenters. The fraction of sp³-hybridized carbons (Fsp3) is 0.0667. The molecular weight excluding hydrogens is 288 g/mol. The number of hydrogen-bond donors (Lipinski definition) is 1. The third-order valence-electron chi connectivity index (χ3n) is 2.87. The van der Waals surface area contributed by atoms with Crippen LogP contribution in [0, 0.1) is 10.1 Å². The summed E-state index contributed by atoms with van der Waals surface area (Å²) in [6.45, 7) is 0. The molecule has 22 heavy (non-hydrogen) atoms. The standard InChI is InChI=1S/C15H12N2O5/c1-22-14-6-5-13(17(20)21)8-11(14)9-16-12-4-2-3-10(7-12)15(18)19/h2-9H,1H3,(H,18,19). The van der Waals surface area contributed by atoms with E-state index < -0.39 is 10.9 Å². The summed E-state index contributed by atoms with van der Waals surface area (Å²) in [6.07, 6.45) is 1.40. The second-order valence-corrected chi connectivity index (χ2v) is 4.30. The lowest BCUT2D eigenvalue weighted by Gasteiger charge is -2.04. The van der Waals surface area contributed by atoms with E-state index in [0.717, 1.165) is 0 Å². The van der Waals surface area contributed by atoms with Crippen LogP contribution in [-0.4, -0.2) is 29.3 Å². The Hall–Kier alpha value is -3.22. The Kier molecular flexibility index (Phi) is 4.47. The number of aliphatic imine (C=N–C) groups is 1. The molecule has 0 bridgehead atoms. The molecule has 0 amide bonds. The maximum Gasteiger partial charge on any atom is 0.335 e. The highest BCUT2D eigenvalue weighted by atomic mass is 16.6. The lowest BCUT2D eigenvalue weighted by Crippen LogP contribution is -1.95. The Bertz CT molecular complexity index is 755. The van der Waals surface area contributed by atoms with Crippen LogP contribution in [0.4, 0.5) is 11.4 Å². The summed E-state index contributed by atoms with van der Waals surface area (Å²) in [5.74, 6) is -0.617. The molecule has 0 atom stereocenters. The molecule has 0 heterocycles. The van der Waals surface area contributed by atoms with Gasteiger partial charge in [-0.15, -0.1) is 0 Å². The molecule has 0 aromatic heterocycles. The number of carboxylic acid groups (broad SMARTS) is 1. The normalized spacial score (nSPS) is 10.6. The number of nitro groups is 1. The molecule has 7 nitrogen and oxygen atoms in total. The molecule has 0 aliphatic heterocycles. The van der Waals surface area contributed by atoms with Crippen LogP contribution in [0.15, 0.2) is 47.5 Å². The second kappa shape index (κ2) is 6.49. The van der Waals surface area contributed by atoms with Gasteiger partial charge in [-0.2, -0.15) is 0 Å². The zero-order chi connectivity index (χ0) is 16.1. The molecule has 0 saturated carbocycles. The molecule has 7 heteroatoms. The third kappa shape index (κ3) is 3.45. The summed E-state index contributed by atoms with van der Waals surface area (Å²) in [4.78, 5) is 25.3. The van der Waals surface area contributed by atoms with E-state index in [1.165, 1.54) is 43.7 Å². The van der Waals surface area contributed by atoms with Crippen molar-refractivity contribution in [2.24, 2.45) is 4.99 Å². The maximum absolute atomic E-state index is 10.9. The van der Waals surface area contributed by atoms with E-state index in [9.17, 15) is 14.9 Å². The second-order valence-electron chi connectivity index (χ2n) is 4.30. The van der Waals surface area contributed by atoms with Crippen LogP contribution in [0.3, 0.4) is 0 Å². The summed E-state index contributed by atoms with van der Waals surface area (Å²) in [5.41, 5.74) is 0.882. The number of rotatable bonds is 5. The van der Waals surface area contributed by atoms with E-state index in [1.54, 1.807) is 12.1 Å². The van der Waals surface area contributed by atoms with Crippen molar-refractivity contribution < 1.29 is 19.6 Å². The molecular formula is C15H12N2O5. The number of carboxylic acids is 1. The van der Waals surface area contributed by atoms with E-state index in [4.69, 9.17) is 9.84 Å². The summed E-state index contributed by atoms with van der Waals surface area (Å²) < 4.78 is 5.12. The van der Waals surface area contributed by atoms with Gasteiger partial charge in [-0.1, -0.05) is 6.07 Å². The number of non-ortho nitro benzene ring substituents is 1. The molecule has 112 valence electrons. The lowest BCUT2D eigenvalue weighted by atomic mass is 10.2. The fourth-order valence-corrected chi connectivity index (χ4v) is 1.80. The van der Waals surface area contributed by atoms with Crippen LogP contribution in [0.1, 0.15) is 15.9 Å². The molecule has 1 N–H and O–H groups in total. The predicted octanol–water partition coefficient (Wildman–Crippen LogP) is 3.05. The molecule has 0 fully saturated rings. The van der Waals surface area contributed by atoms with E-state index >= 15 is 0 Å². The van der Waals surface area contributed by atoms with E-state index in [-0.39, 0.29) is 11.3 Å². The summed E-state index contributed by atoms with van der Waals surface area (Å²) in [7, 11) is 1.45. The molecule has 0 saturated heterocycles. The first-order valence-electron chi connectivity index (χ1n) is 6.21. The van der Waals surface area contributed by atoms with Gasteiger partial charge in [0.05, 0.1) is 23.3 Å². The zero-order valence-electron chi connectivity index (χ0n) is 11.6. The molecule has 0 aliphatic rings. The Morgan fingerprint density at radius 3 is 2.73 bits per heavy atom. The molecule has 2 rings (SSSR count). The number of nitro benzene ring substituents is 1. The first-order chi connectivity index (χ1) is 10.5. The van der Waals surface area contributed by atoms with Gasteiger partial charge in [0.1, 0.15) is 5.75 Å². The number of benzene rings is 2. The maximum atomic E-state index is 10.9. The average Bonchev–Trinajstić information content (AvgIpc) is 2.52. The van der Waals surface area contributed by atoms with E-state index in [0.29, 0.717) is 17.0 Å². The van der Waals surface area contributed by atoms with Crippen molar-refractivity contribution in [3.05, 3.63) is 63.7 Å². The Morgan fingerprint density at radius 1 is 1.32 bits per heavy atom. The van der Waals surface area contributed by atoms with Crippen LogP contribution in [-0.2, 0) is 0 Å². The number of hydrogen-bond acceptors (Lipinski definition) is 5.